The third-order valence-corrected chi connectivity index (χ3v) is 2.68. The molecule has 2 aromatic rings. The molecule has 0 aliphatic rings. The van der Waals surface area contributed by atoms with Crippen LogP contribution in [0, 0.1) is 3.95 Å². The molecule has 14 heavy (non-hydrogen) atoms. The van der Waals surface area contributed by atoms with E-state index in [1.807, 2.05) is 12.1 Å². The zero-order chi connectivity index (χ0) is 9.80. The number of rotatable bonds is 3. The van der Waals surface area contributed by atoms with Crippen molar-refractivity contribution < 1.29 is 0 Å². The second-order valence-electron chi connectivity index (χ2n) is 2.63. The van der Waals surface area contributed by atoms with Gasteiger partial charge in [0.05, 0.1) is 0 Å². The van der Waals surface area contributed by atoms with Gasteiger partial charge in [0.2, 0.25) is 5.13 Å². The van der Waals surface area contributed by atoms with Gasteiger partial charge < -0.3 is 5.32 Å². The van der Waals surface area contributed by atoms with Gasteiger partial charge >= 0.3 is 0 Å². The van der Waals surface area contributed by atoms with E-state index >= 15 is 0 Å². The Morgan fingerprint density at radius 2 is 2.21 bits per heavy atom. The van der Waals surface area contributed by atoms with Crippen LogP contribution in [-0.2, 0) is 6.54 Å². The fraction of sp³-hybridized carbons (Fsp3) is 0.125. The van der Waals surface area contributed by atoms with Gasteiger partial charge in [0.1, 0.15) is 0 Å². The average Bonchev–Trinajstić information content (AvgIpc) is 2.63. The Morgan fingerprint density at radius 1 is 1.43 bits per heavy atom. The van der Waals surface area contributed by atoms with Crippen LogP contribution in [0.1, 0.15) is 5.56 Å². The monoisotopic (exact) mass is 224 g/mol. The number of aromatic nitrogens is 3. The van der Waals surface area contributed by atoms with Crippen molar-refractivity contribution in [3.05, 3.63) is 34.0 Å². The Balaban J connectivity index is 1.98. The van der Waals surface area contributed by atoms with E-state index in [4.69, 9.17) is 12.2 Å². The molecule has 2 heterocycles. The molecule has 0 aliphatic carbocycles. The standard InChI is InChI=1S/C8H8N4S2/c13-8-12-11-7(14-8)10-5-6-1-3-9-4-2-6/h1-4H,5H2,(H,10,11)(H,12,13). The van der Waals surface area contributed by atoms with E-state index in [0.29, 0.717) is 3.95 Å². The van der Waals surface area contributed by atoms with Gasteiger partial charge in [-0.25, -0.2) is 0 Å². The molecule has 0 unspecified atom stereocenters. The van der Waals surface area contributed by atoms with E-state index < -0.39 is 0 Å². The van der Waals surface area contributed by atoms with Gasteiger partial charge in [-0.1, -0.05) is 11.3 Å². The number of hydrogen-bond acceptors (Lipinski definition) is 5. The number of hydrogen-bond donors (Lipinski definition) is 2. The SMILES string of the molecule is S=c1[nH]nc(NCc2ccncc2)s1. The van der Waals surface area contributed by atoms with E-state index in [0.717, 1.165) is 11.7 Å². The van der Waals surface area contributed by atoms with Crippen molar-refractivity contribution in [1.29, 1.82) is 0 Å². The highest BCUT2D eigenvalue weighted by atomic mass is 32.1. The molecule has 0 amide bonds. The maximum Gasteiger partial charge on any atom is 0.204 e. The van der Waals surface area contributed by atoms with Gasteiger partial charge in [0.25, 0.3) is 0 Å². The number of aromatic amines is 1. The zero-order valence-electron chi connectivity index (χ0n) is 7.23. The summed E-state index contributed by atoms with van der Waals surface area (Å²) in [5.74, 6) is 0. The number of pyridine rings is 1. The fourth-order valence-electron chi connectivity index (χ4n) is 0.984. The maximum absolute atomic E-state index is 4.91. The Bertz CT molecular complexity index is 448. The van der Waals surface area contributed by atoms with Crippen molar-refractivity contribution in [2.24, 2.45) is 0 Å². The normalized spacial score (nSPS) is 10.0. The zero-order valence-corrected chi connectivity index (χ0v) is 8.86. The highest BCUT2D eigenvalue weighted by Gasteiger charge is 1.96. The van der Waals surface area contributed by atoms with Crippen molar-refractivity contribution in [3.8, 4) is 0 Å². The quantitative estimate of drug-likeness (QED) is 0.785. The van der Waals surface area contributed by atoms with Crippen LogP contribution in [0.2, 0.25) is 0 Å². The highest BCUT2D eigenvalue weighted by Crippen LogP contribution is 2.11. The van der Waals surface area contributed by atoms with Gasteiger partial charge in [0, 0.05) is 18.9 Å². The van der Waals surface area contributed by atoms with Crippen molar-refractivity contribution >= 4 is 28.7 Å². The second-order valence-corrected chi connectivity index (χ2v) is 4.29. The van der Waals surface area contributed by atoms with Crippen molar-refractivity contribution in [2.45, 2.75) is 6.54 Å². The van der Waals surface area contributed by atoms with Crippen LogP contribution in [-0.4, -0.2) is 15.2 Å². The first kappa shape index (κ1) is 9.29. The van der Waals surface area contributed by atoms with Crippen LogP contribution >= 0.6 is 23.6 Å². The van der Waals surface area contributed by atoms with E-state index in [1.165, 1.54) is 16.9 Å². The second kappa shape index (κ2) is 4.30. The summed E-state index contributed by atoms with van der Waals surface area (Å²) in [5.41, 5.74) is 1.17. The number of nitrogens with zero attached hydrogens (tertiary/aromatic N) is 2. The van der Waals surface area contributed by atoms with E-state index in [1.54, 1.807) is 12.4 Å². The summed E-state index contributed by atoms with van der Waals surface area (Å²) in [5, 5.41) is 10.7. The molecule has 0 radical (unpaired) electrons. The summed E-state index contributed by atoms with van der Waals surface area (Å²) in [6, 6.07) is 3.91. The Hall–Kier alpha value is -1.27. The molecule has 0 aliphatic heterocycles. The molecule has 0 saturated heterocycles. The number of anilines is 1. The first-order valence-corrected chi connectivity index (χ1v) is 5.25. The lowest BCUT2D eigenvalue weighted by molar-refractivity contribution is 1.04. The summed E-state index contributed by atoms with van der Waals surface area (Å²) in [6.07, 6.45) is 3.53. The predicted molar refractivity (Wildman–Crippen MR) is 58.9 cm³/mol. The molecular formula is C8H8N4S2. The van der Waals surface area contributed by atoms with Crippen LogP contribution in [0.5, 0.6) is 0 Å². The van der Waals surface area contributed by atoms with Gasteiger partial charge in [-0.2, -0.15) is 0 Å². The molecule has 2 rings (SSSR count). The van der Waals surface area contributed by atoms with Crippen molar-refractivity contribution in [2.75, 3.05) is 5.32 Å². The first-order chi connectivity index (χ1) is 6.84. The third kappa shape index (κ3) is 2.36. The van der Waals surface area contributed by atoms with Gasteiger partial charge in [-0.3, -0.25) is 10.1 Å². The van der Waals surface area contributed by atoms with Gasteiger partial charge in [-0.05, 0) is 29.9 Å². The summed E-state index contributed by atoms with van der Waals surface area (Å²) in [4.78, 5) is 3.94. The van der Waals surface area contributed by atoms with E-state index in [2.05, 4.69) is 20.5 Å². The summed E-state index contributed by atoms with van der Waals surface area (Å²) < 4.78 is 0.683. The topological polar surface area (TPSA) is 53.6 Å². The van der Waals surface area contributed by atoms with Crippen LogP contribution in [0.3, 0.4) is 0 Å². The highest BCUT2D eigenvalue weighted by molar-refractivity contribution is 7.73. The molecule has 2 aromatic heterocycles. The lowest BCUT2D eigenvalue weighted by Crippen LogP contribution is -1.98. The lowest BCUT2D eigenvalue weighted by atomic mass is 10.3. The molecule has 0 aromatic carbocycles. The summed E-state index contributed by atoms with van der Waals surface area (Å²) in [6.45, 7) is 0.735. The van der Waals surface area contributed by atoms with Crippen molar-refractivity contribution in [1.82, 2.24) is 15.2 Å². The molecular weight excluding hydrogens is 216 g/mol. The molecule has 2 N–H and O–H groups in total. The molecule has 72 valence electrons. The van der Waals surface area contributed by atoms with Crippen LogP contribution in [0.4, 0.5) is 5.13 Å². The third-order valence-electron chi connectivity index (χ3n) is 1.63. The maximum atomic E-state index is 4.91. The minimum atomic E-state index is 0.683. The Kier molecular flexibility index (Phi) is 2.85. The van der Waals surface area contributed by atoms with Crippen LogP contribution in [0.25, 0.3) is 0 Å². The minimum Gasteiger partial charge on any atom is -0.356 e. The molecule has 4 nitrogen and oxygen atoms in total. The molecule has 0 bridgehead atoms. The number of H-pyrrole nitrogens is 1. The van der Waals surface area contributed by atoms with Crippen LogP contribution < -0.4 is 5.32 Å². The Labute approximate surface area is 90.0 Å². The number of nitrogens with one attached hydrogen (secondary N) is 2. The Morgan fingerprint density at radius 3 is 2.86 bits per heavy atom. The lowest BCUT2D eigenvalue weighted by Gasteiger charge is -2.00. The minimum absolute atomic E-state index is 0.683. The largest absolute Gasteiger partial charge is 0.356 e. The summed E-state index contributed by atoms with van der Waals surface area (Å²) >= 11 is 6.34. The molecule has 0 saturated carbocycles. The molecule has 0 atom stereocenters. The van der Waals surface area contributed by atoms with Crippen LogP contribution in [0.15, 0.2) is 24.5 Å². The smallest absolute Gasteiger partial charge is 0.204 e. The van der Waals surface area contributed by atoms with Crippen molar-refractivity contribution in [3.63, 3.8) is 0 Å². The molecule has 6 heteroatoms. The van der Waals surface area contributed by atoms with E-state index in [9.17, 15) is 0 Å². The predicted octanol–water partition coefficient (Wildman–Crippen LogP) is 2.21. The fourth-order valence-corrected chi connectivity index (χ4v) is 1.77. The van der Waals surface area contributed by atoms with Gasteiger partial charge in [0.15, 0.2) is 3.95 Å². The molecule has 0 fully saturated rings. The molecule has 0 spiro atoms. The summed E-state index contributed by atoms with van der Waals surface area (Å²) in [7, 11) is 0. The first-order valence-electron chi connectivity index (χ1n) is 4.03. The average molecular weight is 224 g/mol. The van der Waals surface area contributed by atoms with Gasteiger partial charge in [-0.15, -0.1) is 5.10 Å². The van der Waals surface area contributed by atoms with E-state index in [-0.39, 0.29) is 0 Å².